The van der Waals surface area contributed by atoms with Gasteiger partial charge in [0.15, 0.2) is 0 Å². The first-order chi connectivity index (χ1) is 9.38. The van der Waals surface area contributed by atoms with Crippen LogP contribution in [0.4, 0.5) is 0 Å². The van der Waals surface area contributed by atoms with E-state index in [4.69, 9.17) is 0 Å². The Balaban J connectivity index is 2.38. The van der Waals surface area contributed by atoms with E-state index in [2.05, 4.69) is 16.2 Å². The molecule has 6 heteroatoms. The molecule has 0 aromatic heterocycles. The Bertz CT molecular complexity index is 495. The van der Waals surface area contributed by atoms with Crippen molar-refractivity contribution in [2.75, 3.05) is 0 Å². The molecule has 3 N–H and O–H groups in total. The second-order valence-electron chi connectivity index (χ2n) is 4.79. The van der Waals surface area contributed by atoms with Crippen LogP contribution < -0.4 is 16.2 Å². The number of rotatable bonds is 3. The normalized spacial score (nSPS) is 10.0. The molecule has 0 bridgehead atoms. The average Bonchev–Trinajstić information content (AvgIpc) is 2.38. The fourth-order valence-electron chi connectivity index (χ4n) is 1.45. The Morgan fingerprint density at radius 3 is 2.15 bits per heavy atom. The Morgan fingerprint density at radius 2 is 1.60 bits per heavy atom. The zero-order valence-electron chi connectivity index (χ0n) is 11.8. The lowest BCUT2D eigenvalue weighted by Crippen LogP contribution is -2.50. The number of carbonyl (C=O) groups is 3. The highest BCUT2D eigenvalue weighted by Crippen LogP contribution is 2.03. The fraction of sp³-hybridized carbons (Fsp3) is 0.357. The van der Waals surface area contributed by atoms with Gasteiger partial charge in [-0.15, -0.1) is 0 Å². The molecule has 1 aromatic carbocycles. The maximum atomic E-state index is 11.6. The summed E-state index contributed by atoms with van der Waals surface area (Å²) in [5, 5.41) is 2.42. The quantitative estimate of drug-likeness (QED) is 0.545. The van der Waals surface area contributed by atoms with Crippen molar-refractivity contribution in [2.24, 2.45) is 0 Å². The second kappa shape index (κ2) is 7.28. The number of amides is 3. The maximum Gasteiger partial charge on any atom is 0.327 e. The Hall–Kier alpha value is -2.37. The Labute approximate surface area is 117 Å². The molecule has 0 saturated carbocycles. The molecule has 1 rings (SSSR count). The number of benzene rings is 1. The zero-order valence-corrected chi connectivity index (χ0v) is 11.8. The van der Waals surface area contributed by atoms with E-state index in [-0.39, 0.29) is 18.4 Å². The van der Waals surface area contributed by atoms with Crippen molar-refractivity contribution in [1.29, 1.82) is 0 Å². The number of nitrogens with one attached hydrogen (secondary N) is 3. The molecule has 0 aliphatic rings. The molecule has 0 fully saturated rings. The van der Waals surface area contributed by atoms with E-state index in [1.54, 1.807) is 13.8 Å². The number of aryl methyl sites for hydroxylation is 1. The summed E-state index contributed by atoms with van der Waals surface area (Å²) in [7, 11) is 0. The summed E-state index contributed by atoms with van der Waals surface area (Å²) in [6.45, 7) is 5.43. The van der Waals surface area contributed by atoms with Gasteiger partial charge in [0.25, 0.3) is 0 Å². The fourth-order valence-corrected chi connectivity index (χ4v) is 1.45. The smallest absolute Gasteiger partial charge is 0.327 e. The lowest BCUT2D eigenvalue weighted by molar-refractivity contribution is -0.141. The van der Waals surface area contributed by atoms with E-state index >= 15 is 0 Å². The monoisotopic (exact) mass is 277 g/mol. The maximum absolute atomic E-state index is 11.6. The van der Waals surface area contributed by atoms with E-state index in [0.29, 0.717) is 0 Å². The van der Waals surface area contributed by atoms with E-state index < -0.39 is 11.8 Å². The van der Waals surface area contributed by atoms with Crippen molar-refractivity contribution >= 4 is 17.7 Å². The van der Waals surface area contributed by atoms with Crippen LogP contribution in [0.15, 0.2) is 24.3 Å². The standard InChI is InChI=1S/C14H19N3O3/c1-9(2)15-13(19)14(20)17-16-12(18)8-11-6-4-10(3)5-7-11/h4-7,9H,8H2,1-3H3,(H,15,19)(H,16,18)(H,17,20). The van der Waals surface area contributed by atoms with Crippen LogP contribution in [0, 0.1) is 6.92 Å². The summed E-state index contributed by atoms with van der Waals surface area (Å²) in [5.41, 5.74) is 6.20. The third-order valence-electron chi connectivity index (χ3n) is 2.43. The molecule has 6 nitrogen and oxygen atoms in total. The van der Waals surface area contributed by atoms with E-state index in [9.17, 15) is 14.4 Å². The van der Waals surface area contributed by atoms with E-state index in [1.165, 1.54) is 0 Å². The first-order valence-electron chi connectivity index (χ1n) is 6.33. The third-order valence-corrected chi connectivity index (χ3v) is 2.43. The topological polar surface area (TPSA) is 87.3 Å². The van der Waals surface area contributed by atoms with Crippen molar-refractivity contribution in [2.45, 2.75) is 33.2 Å². The van der Waals surface area contributed by atoms with Gasteiger partial charge < -0.3 is 5.32 Å². The number of hydrogen-bond donors (Lipinski definition) is 3. The summed E-state index contributed by atoms with van der Waals surface area (Å²) in [4.78, 5) is 34.2. The van der Waals surface area contributed by atoms with Crippen LogP contribution in [0.2, 0.25) is 0 Å². The number of carbonyl (C=O) groups excluding carboxylic acids is 3. The van der Waals surface area contributed by atoms with Crippen molar-refractivity contribution in [3.05, 3.63) is 35.4 Å². The lowest BCUT2D eigenvalue weighted by Gasteiger charge is -2.09. The van der Waals surface area contributed by atoms with Gasteiger partial charge in [0.2, 0.25) is 5.91 Å². The summed E-state index contributed by atoms with van der Waals surface area (Å²) in [5.74, 6) is -2.06. The molecule has 0 spiro atoms. The molecule has 0 aliphatic heterocycles. The highest BCUT2D eigenvalue weighted by Gasteiger charge is 2.14. The highest BCUT2D eigenvalue weighted by atomic mass is 16.2. The van der Waals surface area contributed by atoms with Crippen molar-refractivity contribution < 1.29 is 14.4 Å². The largest absolute Gasteiger partial charge is 0.346 e. The zero-order chi connectivity index (χ0) is 15.1. The van der Waals surface area contributed by atoms with Crippen LogP contribution >= 0.6 is 0 Å². The van der Waals surface area contributed by atoms with Crippen molar-refractivity contribution in [3.63, 3.8) is 0 Å². The van der Waals surface area contributed by atoms with Gasteiger partial charge in [-0.25, -0.2) is 0 Å². The van der Waals surface area contributed by atoms with Crippen LogP contribution in [-0.4, -0.2) is 23.8 Å². The van der Waals surface area contributed by atoms with Crippen molar-refractivity contribution in [1.82, 2.24) is 16.2 Å². The molecular weight excluding hydrogens is 258 g/mol. The first kappa shape index (κ1) is 15.7. The number of hydrogen-bond acceptors (Lipinski definition) is 3. The summed E-state index contributed by atoms with van der Waals surface area (Å²) < 4.78 is 0. The molecule has 0 radical (unpaired) electrons. The highest BCUT2D eigenvalue weighted by molar-refractivity contribution is 6.35. The van der Waals surface area contributed by atoms with Gasteiger partial charge in [0.05, 0.1) is 6.42 Å². The van der Waals surface area contributed by atoms with Crippen LogP contribution in [0.1, 0.15) is 25.0 Å². The van der Waals surface area contributed by atoms with Gasteiger partial charge in [0, 0.05) is 6.04 Å². The lowest BCUT2D eigenvalue weighted by atomic mass is 10.1. The van der Waals surface area contributed by atoms with Gasteiger partial charge in [-0.1, -0.05) is 29.8 Å². The molecule has 0 atom stereocenters. The Kier molecular flexibility index (Phi) is 5.71. The van der Waals surface area contributed by atoms with Crippen LogP contribution in [0.3, 0.4) is 0 Å². The minimum atomic E-state index is -0.893. The summed E-state index contributed by atoms with van der Waals surface area (Å²) in [6, 6.07) is 7.33. The predicted octanol–water partition coefficient (Wildman–Crippen LogP) is 0.210. The van der Waals surface area contributed by atoms with Crippen LogP contribution in [-0.2, 0) is 20.8 Å². The van der Waals surface area contributed by atoms with Crippen molar-refractivity contribution in [3.8, 4) is 0 Å². The molecule has 0 aliphatic carbocycles. The molecule has 0 unspecified atom stereocenters. The Morgan fingerprint density at radius 1 is 1.00 bits per heavy atom. The van der Waals surface area contributed by atoms with Gasteiger partial charge in [-0.3, -0.25) is 25.2 Å². The van der Waals surface area contributed by atoms with E-state index in [1.807, 2.05) is 31.2 Å². The summed E-state index contributed by atoms with van der Waals surface area (Å²) in [6.07, 6.45) is 0.131. The van der Waals surface area contributed by atoms with Crippen LogP contribution in [0.25, 0.3) is 0 Å². The SMILES string of the molecule is Cc1ccc(CC(=O)NNC(=O)C(=O)NC(C)C)cc1. The third kappa shape index (κ3) is 5.51. The molecule has 108 valence electrons. The van der Waals surface area contributed by atoms with Crippen LogP contribution in [0.5, 0.6) is 0 Å². The molecule has 20 heavy (non-hydrogen) atoms. The van der Waals surface area contributed by atoms with Gasteiger partial charge in [-0.2, -0.15) is 0 Å². The first-order valence-corrected chi connectivity index (χ1v) is 6.33. The summed E-state index contributed by atoms with van der Waals surface area (Å²) >= 11 is 0. The minimum absolute atomic E-state index is 0.131. The van der Waals surface area contributed by atoms with Gasteiger partial charge in [-0.05, 0) is 26.3 Å². The van der Waals surface area contributed by atoms with Gasteiger partial charge >= 0.3 is 11.8 Å². The minimum Gasteiger partial charge on any atom is -0.346 e. The predicted molar refractivity (Wildman–Crippen MR) is 74.4 cm³/mol. The van der Waals surface area contributed by atoms with E-state index in [0.717, 1.165) is 11.1 Å². The molecular formula is C14H19N3O3. The molecule has 0 heterocycles. The molecule has 3 amide bonds. The number of hydrazine groups is 1. The average molecular weight is 277 g/mol. The second-order valence-corrected chi connectivity index (χ2v) is 4.79. The molecule has 0 saturated heterocycles. The van der Waals surface area contributed by atoms with Gasteiger partial charge in [0.1, 0.15) is 0 Å². The molecule has 1 aromatic rings.